The molecule has 3 fully saturated rings. The van der Waals surface area contributed by atoms with Gasteiger partial charge < -0.3 is 10.4 Å². The van der Waals surface area contributed by atoms with E-state index in [1.165, 1.54) is 42.4 Å². The number of carboxylic acids is 1. The van der Waals surface area contributed by atoms with E-state index in [2.05, 4.69) is 28.5 Å². The van der Waals surface area contributed by atoms with Crippen molar-refractivity contribution in [2.45, 2.75) is 75.7 Å². The summed E-state index contributed by atoms with van der Waals surface area (Å²) in [6, 6.07) is 7.04. The highest BCUT2D eigenvalue weighted by Crippen LogP contribution is 2.47. The fraction of sp³-hybridized carbons (Fsp3) is 0.522. The Morgan fingerprint density at radius 1 is 1.03 bits per heavy atom. The Morgan fingerprint density at radius 3 is 2.03 bits per heavy atom. The predicted octanol–water partition coefficient (Wildman–Crippen LogP) is 3.55. The SMILES string of the molecule is O=C(O)C(F)(F)F.O=c1[nH]c(=O)n(C2CC2)cc1CNCc1c(C2CC2)cccc1C1CC1. The summed E-state index contributed by atoms with van der Waals surface area (Å²) in [7, 11) is 0. The van der Waals surface area contributed by atoms with E-state index in [4.69, 9.17) is 9.90 Å². The van der Waals surface area contributed by atoms with E-state index in [9.17, 15) is 22.8 Å². The van der Waals surface area contributed by atoms with E-state index in [1.807, 2.05) is 0 Å². The molecule has 0 amide bonds. The van der Waals surface area contributed by atoms with Crippen molar-refractivity contribution in [2.75, 3.05) is 0 Å². The number of aromatic amines is 1. The second-order valence-corrected chi connectivity index (χ2v) is 8.92. The summed E-state index contributed by atoms with van der Waals surface area (Å²) >= 11 is 0. The smallest absolute Gasteiger partial charge is 0.475 e. The van der Waals surface area contributed by atoms with Gasteiger partial charge in [-0.25, -0.2) is 9.59 Å². The molecule has 2 aromatic rings. The van der Waals surface area contributed by atoms with Crippen LogP contribution in [0.5, 0.6) is 0 Å². The Labute approximate surface area is 187 Å². The lowest BCUT2D eigenvalue weighted by Crippen LogP contribution is -2.33. The molecule has 1 aromatic carbocycles. The molecule has 3 N–H and O–H groups in total. The number of hydrogen-bond acceptors (Lipinski definition) is 4. The topological polar surface area (TPSA) is 104 Å². The zero-order valence-corrected chi connectivity index (χ0v) is 18.0. The lowest BCUT2D eigenvalue weighted by Gasteiger charge is -2.15. The zero-order valence-electron chi connectivity index (χ0n) is 18.0. The molecule has 0 unspecified atom stereocenters. The quantitative estimate of drug-likeness (QED) is 0.580. The number of H-pyrrole nitrogens is 1. The fourth-order valence-corrected chi connectivity index (χ4v) is 3.98. The Morgan fingerprint density at radius 2 is 1.58 bits per heavy atom. The van der Waals surface area contributed by atoms with Crippen molar-refractivity contribution in [3.8, 4) is 0 Å². The van der Waals surface area contributed by atoms with Crippen LogP contribution >= 0.6 is 0 Å². The van der Waals surface area contributed by atoms with Crippen LogP contribution in [0.3, 0.4) is 0 Å². The molecular weight excluding hydrogens is 439 g/mol. The first kappa shape index (κ1) is 23.3. The third-order valence-corrected chi connectivity index (χ3v) is 6.12. The summed E-state index contributed by atoms with van der Waals surface area (Å²) in [4.78, 5) is 35.4. The second kappa shape index (κ2) is 9.17. The van der Waals surface area contributed by atoms with Crippen LogP contribution in [0.1, 0.15) is 78.7 Å². The van der Waals surface area contributed by atoms with Gasteiger partial charge in [0.15, 0.2) is 0 Å². The minimum atomic E-state index is -5.08. The van der Waals surface area contributed by atoms with Gasteiger partial charge in [0.2, 0.25) is 0 Å². The fourth-order valence-electron chi connectivity index (χ4n) is 3.98. The minimum Gasteiger partial charge on any atom is -0.475 e. The van der Waals surface area contributed by atoms with Crippen LogP contribution in [0.4, 0.5) is 13.2 Å². The number of aromatic nitrogens is 2. The molecule has 3 saturated carbocycles. The largest absolute Gasteiger partial charge is 0.490 e. The van der Waals surface area contributed by atoms with Gasteiger partial charge in [0.25, 0.3) is 5.56 Å². The van der Waals surface area contributed by atoms with Gasteiger partial charge in [0, 0.05) is 30.9 Å². The van der Waals surface area contributed by atoms with Crippen molar-refractivity contribution in [1.29, 1.82) is 0 Å². The number of nitrogens with one attached hydrogen (secondary N) is 2. The first-order valence-electron chi connectivity index (χ1n) is 11.1. The number of aliphatic carboxylic acids is 1. The number of halogens is 3. The first-order valence-corrected chi connectivity index (χ1v) is 11.1. The minimum absolute atomic E-state index is 0.266. The molecule has 3 aliphatic carbocycles. The lowest BCUT2D eigenvalue weighted by atomic mass is 9.95. The highest BCUT2D eigenvalue weighted by atomic mass is 19.4. The maximum absolute atomic E-state index is 12.1. The summed E-state index contributed by atoms with van der Waals surface area (Å²) in [5.74, 6) is -1.30. The van der Waals surface area contributed by atoms with Gasteiger partial charge in [0.05, 0.1) is 0 Å². The summed E-state index contributed by atoms with van der Waals surface area (Å²) in [5, 5.41) is 10.6. The highest BCUT2D eigenvalue weighted by molar-refractivity contribution is 5.73. The van der Waals surface area contributed by atoms with Gasteiger partial charge in [-0.1, -0.05) is 18.2 Å². The van der Waals surface area contributed by atoms with Gasteiger partial charge >= 0.3 is 17.8 Å². The van der Waals surface area contributed by atoms with Crippen LogP contribution in [0, 0.1) is 0 Å². The van der Waals surface area contributed by atoms with Crippen LogP contribution in [0.2, 0.25) is 0 Å². The van der Waals surface area contributed by atoms with Gasteiger partial charge in [-0.2, -0.15) is 13.2 Å². The van der Waals surface area contributed by atoms with Crippen molar-refractivity contribution in [3.05, 3.63) is 67.5 Å². The normalized spacial score (nSPS) is 17.9. The van der Waals surface area contributed by atoms with Crippen molar-refractivity contribution in [1.82, 2.24) is 14.9 Å². The number of alkyl halides is 3. The molecule has 3 aliphatic rings. The van der Waals surface area contributed by atoms with E-state index >= 15 is 0 Å². The molecule has 10 heteroatoms. The Hall–Kier alpha value is -2.88. The highest BCUT2D eigenvalue weighted by Gasteiger charge is 2.38. The molecule has 5 rings (SSSR count). The molecule has 33 heavy (non-hydrogen) atoms. The second-order valence-electron chi connectivity index (χ2n) is 8.92. The third kappa shape index (κ3) is 5.93. The molecule has 7 nitrogen and oxygen atoms in total. The molecule has 0 saturated heterocycles. The molecule has 0 radical (unpaired) electrons. The van der Waals surface area contributed by atoms with Gasteiger partial charge in [0.1, 0.15) is 0 Å². The Kier molecular flexibility index (Phi) is 6.47. The molecule has 178 valence electrons. The van der Waals surface area contributed by atoms with E-state index in [1.54, 1.807) is 10.8 Å². The van der Waals surface area contributed by atoms with E-state index in [-0.39, 0.29) is 17.3 Å². The molecule has 0 bridgehead atoms. The lowest BCUT2D eigenvalue weighted by molar-refractivity contribution is -0.192. The summed E-state index contributed by atoms with van der Waals surface area (Å²) in [6.45, 7) is 1.28. The maximum Gasteiger partial charge on any atom is 0.490 e. The number of carboxylic acid groups (broad SMARTS) is 1. The molecule has 0 atom stereocenters. The number of hydrogen-bond donors (Lipinski definition) is 3. The van der Waals surface area contributed by atoms with Crippen LogP contribution in [0.25, 0.3) is 0 Å². The van der Waals surface area contributed by atoms with Crippen molar-refractivity contribution >= 4 is 5.97 Å². The standard InChI is InChI=1S/C21H25N3O2.C2HF3O2/c25-20-15(12-24(16-8-9-16)21(26)23-20)10-22-11-19-17(13-4-5-13)2-1-3-18(19)14-6-7-14;3-2(4,5)1(6)7/h1-3,12-14,16,22H,4-11H2,(H,23,25,26);(H,6,7). The van der Waals surface area contributed by atoms with Gasteiger partial charge in [-0.15, -0.1) is 0 Å². The van der Waals surface area contributed by atoms with E-state index in [0.29, 0.717) is 12.1 Å². The van der Waals surface area contributed by atoms with Gasteiger partial charge in [-0.05, 0) is 67.1 Å². The van der Waals surface area contributed by atoms with E-state index in [0.717, 1.165) is 31.2 Å². The predicted molar refractivity (Wildman–Crippen MR) is 114 cm³/mol. The molecule has 0 aliphatic heterocycles. The summed E-state index contributed by atoms with van der Waals surface area (Å²) < 4.78 is 33.4. The monoisotopic (exact) mass is 465 g/mol. The molecule has 0 spiro atoms. The van der Waals surface area contributed by atoms with Crippen LogP contribution in [0.15, 0.2) is 34.0 Å². The third-order valence-electron chi connectivity index (χ3n) is 6.12. The number of rotatable bonds is 7. The summed E-state index contributed by atoms with van der Waals surface area (Å²) in [5.41, 5.74) is 4.55. The Bertz CT molecular complexity index is 1110. The maximum atomic E-state index is 12.1. The van der Waals surface area contributed by atoms with Crippen molar-refractivity contribution < 1.29 is 23.1 Å². The molecule has 1 heterocycles. The number of benzene rings is 1. The van der Waals surface area contributed by atoms with Crippen LogP contribution in [-0.2, 0) is 17.9 Å². The van der Waals surface area contributed by atoms with Crippen molar-refractivity contribution in [2.24, 2.45) is 0 Å². The van der Waals surface area contributed by atoms with Crippen LogP contribution in [-0.4, -0.2) is 26.8 Å². The first-order chi connectivity index (χ1) is 15.6. The molecule has 1 aromatic heterocycles. The van der Waals surface area contributed by atoms with Crippen molar-refractivity contribution in [3.63, 3.8) is 0 Å². The average Bonchev–Trinajstić information content (AvgIpc) is 3.62. The van der Waals surface area contributed by atoms with E-state index < -0.39 is 12.1 Å². The van der Waals surface area contributed by atoms with Gasteiger partial charge in [-0.3, -0.25) is 14.3 Å². The Balaban J connectivity index is 0.000000325. The summed E-state index contributed by atoms with van der Waals surface area (Å²) in [6.07, 6.45) is 3.91. The number of nitrogens with zero attached hydrogens (tertiary/aromatic N) is 1. The zero-order chi connectivity index (χ0) is 23.8. The number of carbonyl (C=O) groups is 1. The average molecular weight is 465 g/mol. The molecular formula is C23H26F3N3O4. The van der Waals surface area contributed by atoms with Crippen LogP contribution < -0.4 is 16.6 Å².